The number of nitrogens with zero attached hydrogens (tertiary/aromatic N) is 4. The summed E-state index contributed by atoms with van der Waals surface area (Å²) in [5.74, 6) is 0.189. The summed E-state index contributed by atoms with van der Waals surface area (Å²) >= 11 is 0. The lowest BCUT2D eigenvalue weighted by atomic mass is 10.1. The Morgan fingerprint density at radius 1 is 0.962 bits per heavy atom. The molecule has 0 spiro atoms. The molecule has 0 atom stereocenters. The quantitative estimate of drug-likeness (QED) is 0.598. The molecule has 4 rings (SSSR count). The summed E-state index contributed by atoms with van der Waals surface area (Å²) in [6, 6.07) is 8.36. The van der Waals surface area contributed by atoms with Crippen LogP contribution >= 0.6 is 0 Å². The third-order valence-electron chi connectivity index (χ3n) is 4.00. The molecule has 0 bridgehead atoms. The van der Waals surface area contributed by atoms with Crippen LogP contribution in [0.4, 0.5) is 0 Å². The van der Waals surface area contributed by atoms with E-state index in [0.29, 0.717) is 16.9 Å². The van der Waals surface area contributed by atoms with Crippen LogP contribution in [-0.4, -0.2) is 39.1 Å². The van der Waals surface area contributed by atoms with Gasteiger partial charge in [-0.25, -0.2) is 13.4 Å². The molecular weight excluding hydrogens is 352 g/mol. The van der Waals surface area contributed by atoms with Gasteiger partial charge in [-0.3, -0.25) is 14.4 Å². The third-order valence-corrected chi connectivity index (χ3v) is 5.08. The summed E-state index contributed by atoms with van der Waals surface area (Å²) in [5.41, 5.74) is 3.55. The normalized spacial score (nSPS) is 11.7. The molecule has 8 heteroatoms. The second-order valence-electron chi connectivity index (χ2n) is 5.87. The van der Waals surface area contributed by atoms with Gasteiger partial charge >= 0.3 is 0 Å². The summed E-state index contributed by atoms with van der Waals surface area (Å²) in [6.45, 7) is 0. The van der Waals surface area contributed by atoms with Crippen LogP contribution in [0.5, 0.6) is 5.75 Å². The topological polar surface area (TPSA) is 97.5 Å². The van der Waals surface area contributed by atoms with Crippen LogP contribution in [0, 0.1) is 0 Å². The summed E-state index contributed by atoms with van der Waals surface area (Å²) < 4.78 is 25.4. The fraction of sp³-hybridized carbons (Fsp3) is 0.0556. The number of aromatic nitrogens is 4. The molecule has 26 heavy (non-hydrogen) atoms. The van der Waals surface area contributed by atoms with Crippen molar-refractivity contribution in [1.82, 2.24) is 19.4 Å². The zero-order valence-corrected chi connectivity index (χ0v) is 14.6. The van der Waals surface area contributed by atoms with Gasteiger partial charge in [-0.15, -0.1) is 0 Å². The molecular formula is C18H14N4O3S. The van der Waals surface area contributed by atoms with Gasteiger partial charge in [0.05, 0.1) is 28.7 Å². The van der Waals surface area contributed by atoms with Crippen molar-refractivity contribution in [3.8, 4) is 28.3 Å². The lowest BCUT2D eigenvalue weighted by Gasteiger charge is -2.06. The third kappa shape index (κ3) is 2.91. The first-order valence-corrected chi connectivity index (χ1v) is 9.59. The van der Waals surface area contributed by atoms with E-state index >= 15 is 0 Å². The molecule has 0 radical (unpaired) electrons. The number of sulfone groups is 1. The molecule has 0 aliphatic carbocycles. The smallest absolute Gasteiger partial charge is 0.177 e. The Morgan fingerprint density at radius 2 is 1.73 bits per heavy atom. The zero-order chi connectivity index (χ0) is 18.3. The van der Waals surface area contributed by atoms with E-state index in [1.54, 1.807) is 55.1 Å². The molecule has 0 aliphatic heterocycles. The lowest BCUT2D eigenvalue weighted by Crippen LogP contribution is -1.99. The highest BCUT2D eigenvalue weighted by molar-refractivity contribution is 7.90. The van der Waals surface area contributed by atoms with Gasteiger partial charge in [-0.05, 0) is 30.3 Å². The second-order valence-corrected chi connectivity index (χ2v) is 7.89. The van der Waals surface area contributed by atoms with Crippen LogP contribution in [0.15, 0.2) is 66.2 Å². The Bertz CT molecular complexity index is 1210. The van der Waals surface area contributed by atoms with Crippen molar-refractivity contribution in [2.24, 2.45) is 0 Å². The second kappa shape index (κ2) is 5.92. The summed E-state index contributed by atoms with van der Waals surface area (Å²) in [7, 11) is -3.35. The maximum Gasteiger partial charge on any atom is 0.177 e. The highest BCUT2D eigenvalue weighted by atomic mass is 32.2. The first kappa shape index (κ1) is 16.2. The molecule has 1 N–H and O–H groups in total. The van der Waals surface area contributed by atoms with Crippen molar-refractivity contribution in [3.05, 3.63) is 61.3 Å². The van der Waals surface area contributed by atoms with E-state index in [1.165, 1.54) is 6.20 Å². The van der Waals surface area contributed by atoms with E-state index in [0.717, 1.165) is 17.5 Å². The molecule has 1 aromatic carbocycles. The maximum atomic E-state index is 11.8. The van der Waals surface area contributed by atoms with E-state index in [9.17, 15) is 13.5 Å². The Hall–Kier alpha value is -3.26. The van der Waals surface area contributed by atoms with Gasteiger partial charge in [-0.2, -0.15) is 0 Å². The minimum absolute atomic E-state index is 0.140. The monoisotopic (exact) mass is 366 g/mol. The number of pyridine rings is 1. The first-order valence-electron chi connectivity index (χ1n) is 7.70. The number of imidazole rings is 1. The SMILES string of the molecule is CS(=O)(=O)c1cncc(-c2cn3c(-c4ccc(O)cc4)cnc3cn2)c1. The summed E-state index contributed by atoms with van der Waals surface area (Å²) in [6.07, 6.45) is 9.15. The zero-order valence-electron chi connectivity index (χ0n) is 13.7. The van der Waals surface area contributed by atoms with Crippen LogP contribution < -0.4 is 0 Å². The minimum atomic E-state index is -3.35. The van der Waals surface area contributed by atoms with Gasteiger partial charge in [0.2, 0.25) is 0 Å². The van der Waals surface area contributed by atoms with Crippen molar-refractivity contribution in [2.45, 2.75) is 4.90 Å². The van der Waals surface area contributed by atoms with Gasteiger partial charge < -0.3 is 5.11 Å². The summed E-state index contributed by atoms with van der Waals surface area (Å²) in [4.78, 5) is 12.9. The van der Waals surface area contributed by atoms with Gasteiger partial charge in [0.15, 0.2) is 15.5 Å². The number of phenolic OH excluding ortho intramolecular Hbond substituents is 1. The number of benzene rings is 1. The van der Waals surface area contributed by atoms with Gasteiger partial charge in [0.25, 0.3) is 0 Å². The average Bonchev–Trinajstić information content (AvgIpc) is 3.05. The van der Waals surface area contributed by atoms with Crippen LogP contribution in [-0.2, 0) is 9.84 Å². The molecule has 0 saturated carbocycles. The largest absolute Gasteiger partial charge is 0.508 e. The molecule has 0 amide bonds. The van der Waals surface area contributed by atoms with Gasteiger partial charge in [0.1, 0.15) is 5.75 Å². The molecule has 4 aromatic rings. The van der Waals surface area contributed by atoms with E-state index in [4.69, 9.17) is 0 Å². The molecule has 0 fully saturated rings. The lowest BCUT2D eigenvalue weighted by molar-refractivity contribution is 0.475. The summed E-state index contributed by atoms with van der Waals surface area (Å²) in [5, 5.41) is 9.46. The Balaban J connectivity index is 1.86. The maximum absolute atomic E-state index is 11.8. The molecule has 3 aromatic heterocycles. The molecule has 7 nitrogen and oxygen atoms in total. The van der Waals surface area contributed by atoms with Crippen LogP contribution in [0.1, 0.15) is 0 Å². The minimum Gasteiger partial charge on any atom is -0.508 e. The average molecular weight is 366 g/mol. The molecule has 0 unspecified atom stereocenters. The van der Waals surface area contributed by atoms with Crippen LogP contribution in [0.25, 0.3) is 28.2 Å². The van der Waals surface area contributed by atoms with E-state index in [-0.39, 0.29) is 10.6 Å². The number of phenols is 1. The predicted octanol–water partition coefficient (Wildman–Crippen LogP) is 2.57. The number of aromatic hydroxyl groups is 1. The molecule has 3 heterocycles. The number of hydrogen-bond donors (Lipinski definition) is 1. The fourth-order valence-electron chi connectivity index (χ4n) is 2.65. The molecule has 0 aliphatic rings. The van der Waals surface area contributed by atoms with Gasteiger partial charge in [-0.1, -0.05) is 0 Å². The van der Waals surface area contributed by atoms with Crippen molar-refractivity contribution in [1.29, 1.82) is 0 Å². The first-order chi connectivity index (χ1) is 12.4. The van der Waals surface area contributed by atoms with Crippen LogP contribution in [0.3, 0.4) is 0 Å². The molecule has 0 saturated heterocycles. The van der Waals surface area contributed by atoms with Crippen molar-refractivity contribution >= 4 is 15.5 Å². The van der Waals surface area contributed by atoms with E-state index in [2.05, 4.69) is 15.0 Å². The Labute approximate surface area is 149 Å². The number of hydrogen-bond acceptors (Lipinski definition) is 6. The number of rotatable bonds is 3. The van der Waals surface area contributed by atoms with Crippen molar-refractivity contribution in [2.75, 3.05) is 6.26 Å². The fourth-order valence-corrected chi connectivity index (χ4v) is 3.24. The standard InChI is InChI=1S/C18H14N4O3S/c1-26(24,25)15-6-13(7-19-8-15)16-11-22-17(9-21-18(22)10-20-16)12-2-4-14(23)5-3-12/h2-11,23H,1H3. The Kier molecular flexibility index (Phi) is 3.69. The highest BCUT2D eigenvalue weighted by Gasteiger charge is 2.12. The van der Waals surface area contributed by atoms with E-state index < -0.39 is 9.84 Å². The van der Waals surface area contributed by atoms with Gasteiger partial charge in [0, 0.05) is 36.0 Å². The molecule has 130 valence electrons. The van der Waals surface area contributed by atoms with E-state index in [1.807, 2.05) is 4.40 Å². The highest BCUT2D eigenvalue weighted by Crippen LogP contribution is 2.25. The van der Waals surface area contributed by atoms with Crippen molar-refractivity contribution in [3.63, 3.8) is 0 Å². The number of fused-ring (bicyclic) bond motifs is 1. The predicted molar refractivity (Wildman–Crippen MR) is 96.4 cm³/mol. The Morgan fingerprint density at radius 3 is 2.46 bits per heavy atom. The van der Waals surface area contributed by atoms with Crippen molar-refractivity contribution < 1.29 is 13.5 Å². The van der Waals surface area contributed by atoms with Crippen LogP contribution in [0.2, 0.25) is 0 Å².